The number of hydrogen-bond acceptors (Lipinski definition) is 3. The molecule has 15 heavy (non-hydrogen) atoms. The smallest absolute Gasteiger partial charge is 0.119 e. The minimum atomic E-state index is -0.284. The van der Waals surface area contributed by atoms with E-state index in [4.69, 9.17) is 9.47 Å². The van der Waals surface area contributed by atoms with E-state index in [1.807, 2.05) is 18.2 Å². The van der Waals surface area contributed by atoms with Crippen LogP contribution in [-0.2, 0) is 11.2 Å². The summed E-state index contributed by atoms with van der Waals surface area (Å²) in [7, 11) is 1.66. The first kappa shape index (κ1) is 10.5. The summed E-state index contributed by atoms with van der Waals surface area (Å²) < 4.78 is 10.4. The van der Waals surface area contributed by atoms with E-state index >= 15 is 0 Å². The molecular weight excluding hydrogens is 192 g/mol. The van der Waals surface area contributed by atoms with Gasteiger partial charge in [0, 0.05) is 7.11 Å². The fourth-order valence-electron chi connectivity index (χ4n) is 1.90. The maximum absolute atomic E-state index is 9.63. The molecule has 1 aliphatic rings. The number of aryl methyl sites for hydroxylation is 1. The number of benzene rings is 1. The summed E-state index contributed by atoms with van der Waals surface area (Å²) in [5, 5.41) is 9.63. The van der Waals surface area contributed by atoms with Crippen LogP contribution in [0.2, 0.25) is 0 Å². The molecule has 0 aliphatic heterocycles. The molecule has 0 fully saturated rings. The highest BCUT2D eigenvalue weighted by molar-refractivity contribution is 5.39. The van der Waals surface area contributed by atoms with Crippen molar-refractivity contribution in [2.24, 2.45) is 0 Å². The Labute approximate surface area is 89.6 Å². The lowest BCUT2D eigenvalue weighted by Gasteiger charge is -2.08. The molecule has 0 aromatic heterocycles. The van der Waals surface area contributed by atoms with Gasteiger partial charge < -0.3 is 14.6 Å². The van der Waals surface area contributed by atoms with Gasteiger partial charge in [0.25, 0.3) is 0 Å². The van der Waals surface area contributed by atoms with E-state index < -0.39 is 0 Å². The van der Waals surface area contributed by atoms with Crippen molar-refractivity contribution in [3.05, 3.63) is 29.3 Å². The van der Waals surface area contributed by atoms with E-state index in [1.165, 1.54) is 5.56 Å². The van der Waals surface area contributed by atoms with Crippen LogP contribution in [0, 0.1) is 0 Å². The predicted octanol–water partition coefficient (Wildman–Crippen LogP) is 1.69. The molecule has 3 heteroatoms. The molecule has 1 N–H and O–H groups in total. The fourth-order valence-corrected chi connectivity index (χ4v) is 1.90. The predicted molar refractivity (Wildman–Crippen MR) is 57.1 cm³/mol. The molecular formula is C12H16O3. The molecule has 0 radical (unpaired) electrons. The summed E-state index contributed by atoms with van der Waals surface area (Å²) in [5.41, 5.74) is 2.26. The first-order chi connectivity index (χ1) is 7.31. The first-order valence-corrected chi connectivity index (χ1v) is 5.24. The zero-order chi connectivity index (χ0) is 10.7. The van der Waals surface area contributed by atoms with Crippen LogP contribution in [0.15, 0.2) is 18.2 Å². The van der Waals surface area contributed by atoms with Gasteiger partial charge in [0.15, 0.2) is 0 Å². The summed E-state index contributed by atoms with van der Waals surface area (Å²) >= 11 is 0. The van der Waals surface area contributed by atoms with Crippen molar-refractivity contribution in [2.75, 3.05) is 20.3 Å². The first-order valence-electron chi connectivity index (χ1n) is 5.24. The Bertz CT molecular complexity index is 336. The van der Waals surface area contributed by atoms with Crippen molar-refractivity contribution >= 4 is 0 Å². The molecule has 0 saturated heterocycles. The van der Waals surface area contributed by atoms with Crippen molar-refractivity contribution in [1.29, 1.82) is 0 Å². The second-order valence-corrected chi connectivity index (χ2v) is 3.76. The van der Waals surface area contributed by atoms with E-state index in [0.29, 0.717) is 13.2 Å². The molecule has 0 saturated carbocycles. The van der Waals surface area contributed by atoms with E-state index in [9.17, 15) is 5.11 Å². The third kappa shape index (κ3) is 2.30. The Morgan fingerprint density at radius 3 is 3.07 bits per heavy atom. The van der Waals surface area contributed by atoms with Crippen LogP contribution in [-0.4, -0.2) is 25.4 Å². The lowest BCUT2D eigenvalue weighted by atomic mass is 10.1. The van der Waals surface area contributed by atoms with E-state index in [2.05, 4.69) is 0 Å². The molecule has 1 atom stereocenters. The number of rotatable bonds is 4. The minimum absolute atomic E-state index is 0.284. The second-order valence-electron chi connectivity index (χ2n) is 3.76. The number of ether oxygens (including phenoxy) is 2. The Hall–Kier alpha value is -1.06. The molecule has 1 aromatic carbocycles. The normalized spacial score (nSPS) is 18.9. The highest BCUT2D eigenvalue weighted by Crippen LogP contribution is 2.33. The quantitative estimate of drug-likeness (QED) is 0.765. The zero-order valence-corrected chi connectivity index (χ0v) is 8.90. The third-order valence-corrected chi connectivity index (χ3v) is 2.72. The second kappa shape index (κ2) is 4.64. The highest BCUT2D eigenvalue weighted by atomic mass is 16.5. The van der Waals surface area contributed by atoms with Gasteiger partial charge in [0.1, 0.15) is 12.4 Å². The van der Waals surface area contributed by atoms with Crippen molar-refractivity contribution in [2.45, 2.75) is 18.9 Å². The van der Waals surface area contributed by atoms with Gasteiger partial charge in [0.2, 0.25) is 0 Å². The molecule has 82 valence electrons. The van der Waals surface area contributed by atoms with Crippen molar-refractivity contribution in [3.63, 3.8) is 0 Å². The van der Waals surface area contributed by atoms with E-state index in [1.54, 1.807) is 7.11 Å². The van der Waals surface area contributed by atoms with Gasteiger partial charge in [0.05, 0.1) is 12.7 Å². The van der Waals surface area contributed by atoms with Crippen LogP contribution in [0.1, 0.15) is 23.7 Å². The van der Waals surface area contributed by atoms with Gasteiger partial charge >= 0.3 is 0 Å². The lowest BCUT2D eigenvalue weighted by molar-refractivity contribution is 0.146. The van der Waals surface area contributed by atoms with Crippen molar-refractivity contribution in [1.82, 2.24) is 0 Å². The molecule has 0 amide bonds. The Morgan fingerprint density at radius 2 is 2.27 bits per heavy atom. The average molecular weight is 208 g/mol. The monoisotopic (exact) mass is 208 g/mol. The Kier molecular flexibility index (Phi) is 3.23. The molecule has 2 rings (SSSR count). The maximum Gasteiger partial charge on any atom is 0.119 e. The van der Waals surface area contributed by atoms with Gasteiger partial charge in [-0.15, -0.1) is 0 Å². The van der Waals surface area contributed by atoms with Crippen molar-refractivity contribution < 1.29 is 14.6 Å². The third-order valence-electron chi connectivity index (χ3n) is 2.72. The van der Waals surface area contributed by atoms with Gasteiger partial charge in [-0.05, 0) is 36.1 Å². The Balaban J connectivity index is 2.03. The summed E-state index contributed by atoms with van der Waals surface area (Å²) in [6.07, 6.45) is 1.49. The number of aliphatic hydroxyl groups excluding tert-OH is 1. The highest BCUT2D eigenvalue weighted by Gasteiger charge is 2.20. The minimum Gasteiger partial charge on any atom is -0.491 e. The summed E-state index contributed by atoms with van der Waals surface area (Å²) in [6.45, 7) is 1.16. The van der Waals surface area contributed by atoms with Crippen molar-refractivity contribution in [3.8, 4) is 5.75 Å². The van der Waals surface area contributed by atoms with Gasteiger partial charge in [-0.25, -0.2) is 0 Å². The molecule has 0 heterocycles. The molecule has 0 unspecified atom stereocenters. The molecule has 1 aromatic rings. The van der Waals surface area contributed by atoms with Gasteiger partial charge in [-0.3, -0.25) is 0 Å². The van der Waals surface area contributed by atoms with E-state index in [-0.39, 0.29) is 6.10 Å². The van der Waals surface area contributed by atoms with Gasteiger partial charge in [-0.2, -0.15) is 0 Å². The molecule has 1 aliphatic carbocycles. The maximum atomic E-state index is 9.63. The Morgan fingerprint density at radius 1 is 1.40 bits per heavy atom. The lowest BCUT2D eigenvalue weighted by Crippen LogP contribution is -2.04. The number of hydrogen-bond donors (Lipinski definition) is 1. The summed E-state index contributed by atoms with van der Waals surface area (Å²) in [5.74, 6) is 0.861. The SMILES string of the molecule is COCCOc1ccc2c(c1)CC[C@@H]2O. The zero-order valence-electron chi connectivity index (χ0n) is 8.90. The van der Waals surface area contributed by atoms with E-state index in [0.717, 1.165) is 24.2 Å². The van der Waals surface area contributed by atoms with Crippen LogP contribution < -0.4 is 4.74 Å². The van der Waals surface area contributed by atoms with Crippen LogP contribution in [0.4, 0.5) is 0 Å². The standard InChI is InChI=1S/C12H16O3/c1-14-6-7-15-10-3-4-11-9(8-10)2-5-12(11)13/h3-4,8,12-13H,2,5-7H2,1H3/t12-/m0/s1. The average Bonchev–Trinajstić information content (AvgIpc) is 2.61. The van der Waals surface area contributed by atoms with Crippen LogP contribution in [0.25, 0.3) is 0 Å². The molecule has 0 spiro atoms. The number of methoxy groups -OCH3 is 1. The fraction of sp³-hybridized carbons (Fsp3) is 0.500. The molecule has 0 bridgehead atoms. The molecule has 3 nitrogen and oxygen atoms in total. The largest absolute Gasteiger partial charge is 0.491 e. The summed E-state index contributed by atoms with van der Waals surface area (Å²) in [6, 6.07) is 5.87. The van der Waals surface area contributed by atoms with Crippen LogP contribution in [0.3, 0.4) is 0 Å². The summed E-state index contributed by atoms with van der Waals surface area (Å²) in [4.78, 5) is 0. The number of aliphatic hydroxyl groups is 1. The van der Waals surface area contributed by atoms with Crippen LogP contribution in [0.5, 0.6) is 5.75 Å². The van der Waals surface area contributed by atoms with Crippen LogP contribution >= 0.6 is 0 Å². The topological polar surface area (TPSA) is 38.7 Å². The van der Waals surface area contributed by atoms with Gasteiger partial charge in [-0.1, -0.05) is 6.07 Å². The number of fused-ring (bicyclic) bond motifs is 1.